The third-order valence-electron chi connectivity index (χ3n) is 2.72. The van der Waals surface area contributed by atoms with Crippen molar-refractivity contribution in [2.45, 2.75) is 20.8 Å². The highest BCUT2D eigenvalue weighted by Gasteiger charge is 2.07. The Morgan fingerprint density at radius 2 is 1.85 bits per heavy atom. The molecule has 0 aliphatic heterocycles. The van der Waals surface area contributed by atoms with E-state index in [4.69, 9.17) is 11.6 Å². The normalized spacial score (nSPS) is 10.0. The summed E-state index contributed by atoms with van der Waals surface area (Å²) in [5, 5.41) is 1.35. The number of benzene rings is 1. The summed E-state index contributed by atoms with van der Waals surface area (Å²) in [6, 6.07) is 9.73. The number of halogens is 1. The second-order valence-corrected chi connectivity index (χ2v) is 4.46. The fraction of sp³-hybridized carbons (Fsp3) is 0.188. The van der Waals surface area contributed by atoms with Crippen LogP contribution in [0.25, 0.3) is 22.3 Å². The predicted octanol–water partition coefficient (Wildman–Crippen LogP) is 4.68. The van der Waals surface area contributed by atoms with Crippen molar-refractivity contribution < 1.29 is 0 Å². The topological polar surface area (TPSA) is 38.7 Å². The third-order valence-corrected chi connectivity index (χ3v) is 3.01. The molecule has 20 heavy (non-hydrogen) atoms. The lowest BCUT2D eigenvalue weighted by Gasteiger charge is -2.04. The summed E-state index contributed by atoms with van der Waals surface area (Å²) in [5.41, 5.74) is 2.85. The number of aromatic nitrogens is 3. The molecule has 0 N–H and O–H groups in total. The van der Waals surface area contributed by atoms with E-state index in [0.717, 1.165) is 22.0 Å². The Bertz CT molecular complexity index is 711. The molecule has 2 heterocycles. The van der Waals surface area contributed by atoms with Gasteiger partial charge in [-0.1, -0.05) is 37.1 Å². The molecule has 2 aromatic heterocycles. The summed E-state index contributed by atoms with van der Waals surface area (Å²) >= 11 is 6.21. The van der Waals surface area contributed by atoms with Crippen LogP contribution in [0.15, 0.2) is 42.7 Å². The van der Waals surface area contributed by atoms with E-state index in [-0.39, 0.29) is 0 Å². The molecule has 0 unspecified atom stereocenters. The molecular weight excluding hydrogens is 270 g/mol. The second kappa shape index (κ2) is 6.44. The van der Waals surface area contributed by atoms with E-state index >= 15 is 0 Å². The van der Waals surface area contributed by atoms with Crippen molar-refractivity contribution in [2.24, 2.45) is 0 Å². The Labute approximate surface area is 123 Å². The van der Waals surface area contributed by atoms with Gasteiger partial charge in [-0.2, -0.15) is 0 Å². The summed E-state index contributed by atoms with van der Waals surface area (Å²) in [7, 11) is 0. The average molecular weight is 286 g/mol. The van der Waals surface area contributed by atoms with Crippen molar-refractivity contribution in [1.29, 1.82) is 0 Å². The Kier molecular flexibility index (Phi) is 4.64. The van der Waals surface area contributed by atoms with Crippen LogP contribution in [0.1, 0.15) is 19.4 Å². The maximum Gasteiger partial charge on any atom is 0.163 e. The molecule has 0 saturated heterocycles. The molecule has 0 saturated carbocycles. The van der Waals surface area contributed by atoms with Crippen molar-refractivity contribution in [3.8, 4) is 11.4 Å². The fourth-order valence-corrected chi connectivity index (χ4v) is 2.06. The highest BCUT2D eigenvalue weighted by molar-refractivity contribution is 6.34. The van der Waals surface area contributed by atoms with Gasteiger partial charge in [0.1, 0.15) is 5.15 Å². The number of nitrogens with zero attached hydrogens (tertiary/aromatic N) is 3. The summed E-state index contributed by atoms with van der Waals surface area (Å²) in [6.07, 6.45) is 3.45. The van der Waals surface area contributed by atoms with Crippen molar-refractivity contribution in [1.82, 2.24) is 15.0 Å². The first kappa shape index (κ1) is 14.4. The van der Waals surface area contributed by atoms with Gasteiger partial charge in [0.25, 0.3) is 0 Å². The van der Waals surface area contributed by atoms with Gasteiger partial charge in [0.05, 0.1) is 5.52 Å². The number of fused-ring (bicyclic) bond motifs is 1. The molecule has 0 aliphatic carbocycles. The zero-order chi connectivity index (χ0) is 14.5. The maximum atomic E-state index is 6.21. The van der Waals surface area contributed by atoms with E-state index < -0.39 is 0 Å². The van der Waals surface area contributed by atoms with Crippen LogP contribution in [0.4, 0.5) is 0 Å². The van der Waals surface area contributed by atoms with Crippen LogP contribution >= 0.6 is 11.6 Å². The van der Waals surface area contributed by atoms with Gasteiger partial charge in [-0.25, -0.2) is 9.97 Å². The van der Waals surface area contributed by atoms with Gasteiger partial charge in [-0.05, 0) is 31.2 Å². The van der Waals surface area contributed by atoms with Crippen LogP contribution in [0, 0.1) is 6.92 Å². The van der Waals surface area contributed by atoms with Crippen LogP contribution in [-0.2, 0) is 0 Å². The van der Waals surface area contributed by atoms with Crippen LogP contribution in [0.3, 0.4) is 0 Å². The van der Waals surface area contributed by atoms with E-state index in [0.29, 0.717) is 11.0 Å². The van der Waals surface area contributed by atoms with Crippen LogP contribution in [0.2, 0.25) is 5.15 Å². The monoisotopic (exact) mass is 285 g/mol. The smallest absolute Gasteiger partial charge is 0.163 e. The van der Waals surface area contributed by atoms with Gasteiger partial charge in [0.2, 0.25) is 0 Å². The van der Waals surface area contributed by atoms with Crippen molar-refractivity contribution in [2.75, 3.05) is 0 Å². The molecule has 4 heteroatoms. The van der Waals surface area contributed by atoms with Crippen LogP contribution < -0.4 is 0 Å². The van der Waals surface area contributed by atoms with E-state index in [2.05, 4.69) is 15.0 Å². The molecule has 102 valence electrons. The molecule has 3 aromatic rings. The Morgan fingerprint density at radius 1 is 1.05 bits per heavy atom. The SMILES string of the molecule is CC.Cc1ccc2nc(-c3cccnc3)nc(Cl)c2c1. The number of hydrogen-bond donors (Lipinski definition) is 0. The first-order chi connectivity index (χ1) is 9.74. The first-order valence-corrected chi connectivity index (χ1v) is 6.96. The van der Waals surface area contributed by atoms with Gasteiger partial charge in [0.15, 0.2) is 5.82 Å². The molecule has 3 rings (SSSR count). The highest BCUT2D eigenvalue weighted by atomic mass is 35.5. The molecule has 0 aliphatic rings. The Morgan fingerprint density at radius 3 is 2.55 bits per heavy atom. The molecule has 0 spiro atoms. The molecule has 3 nitrogen and oxygen atoms in total. The number of rotatable bonds is 1. The van der Waals surface area contributed by atoms with E-state index in [1.807, 2.05) is 51.1 Å². The van der Waals surface area contributed by atoms with E-state index in [1.54, 1.807) is 12.4 Å². The van der Waals surface area contributed by atoms with Crippen LogP contribution in [-0.4, -0.2) is 15.0 Å². The average Bonchev–Trinajstić information content (AvgIpc) is 2.51. The summed E-state index contributed by atoms with van der Waals surface area (Å²) in [6.45, 7) is 6.02. The largest absolute Gasteiger partial charge is 0.264 e. The third kappa shape index (κ3) is 2.94. The minimum absolute atomic E-state index is 0.475. The molecule has 0 radical (unpaired) electrons. The van der Waals surface area contributed by atoms with Gasteiger partial charge < -0.3 is 0 Å². The molecule has 1 aromatic carbocycles. The van der Waals surface area contributed by atoms with E-state index in [9.17, 15) is 0 Å². The molecule has 0 fully saturated rings. The lowest BCUT2D eigenvalue weighted by Crippen LogP contribution is -1.92. The van der Waals surface area contributed by atoms with Gasteiger partial charge in [0, 0.05) is 23.3 Å². The highest BCUT2D eigenvalue weighted by Crippen LogP contribution is 2.25. The molecule has 0 bridgehead atoms. The van der Waals surface area contributed by atoms with Crippen molar-refractivity contribution in [3.05, 3.63) is 53.4 Å². The molecule has 0 amide bonds. The lowest BCUT2D eigenvalue weighted by atomic mass is 10.1. The number of hydrogen-bond acceptors (Lipinski definition) is 3. The first-order valence-electron chi connectivity index (χ1n) is 6.58. The van der Waals surface area contributed by atoms with Crippen molar-refractivity contribution >= 4 is 22.5 Å². The maximum absolute atomic E-state index is 6.21. The zero-order valence-corrected chi connectivity index (χ0v) is 12.5. The zero-order valence-electron chi connectivity index (χ0n) is 11.8. The standard InChI is InChI=1S/C14H10ClN3.C2H6/c1-9-4-5-12-11(7-9)13(15)18-14(17-12)10-3-2-6-16-8-10;1-2/h2-8H,1H3;1-2H3. The van der Waals surface area contributed by atoms with Gasteiger partial charge >= 0.3 is 0 Å². The summed E-state index contributed by atoms with van der Waals surface area (Å²) < 4.78 is 0. The molecule has 0 atom stereocenters. The Hall–Kier alpha value is -2.00. The number of aryl methyl sites for hydroxylation is 1. The second-order valence-electron chi connectivity index (χ2n) is 4.10. The minimum atomic E-state index is 0.475. The minimum Gasteiger partial charge on any atom is -0.264 e. The summed E-state index contributed by atoms with van der Waals surface area (Å²) in [5.74, 6) is 0.601. The quantitative estimate of drug-likeness (QED) is 0.609. The summed E-state index contributed by atoms with van der Waals surface area (Å²) in [4.78, 5) is 12.9. The van der Waals surface area contributed by atoms with E-state index in [1.165, 1.54) is 0 Å². The molecular formula is C16H16ClN3. The van der Waals surface area contributed by atoms with Crippen LogP contribution in [0.5, 0.6) is 0 Å². The fourth-order valence-electron chi connectivity index (χ4n) is 1.83. The van der Waals surface area contributed by atoms with Gasteiger partial charge in [-0.3, -0.25) is 4.98 Å². The Balaban J connectivity index is 0.000000704. The predicted molar refractivity (Wildman–Crippen MR) is 83.9 cm³/mol. The lowest BCUT2D eigenvalue weighted by molar-refractivity contribution is 1.20. The van der Waals surface area contributed by atoms with Gasteiger partial charge in [-0.15, -0.1) is 0 Å². The number of pyridine rings is 1. The van der Waals surface area contributed by atoms with Crippen molar-refractivity contribution in [3.63, 3.8) is 0 Å².